The summed E-state index contributed by atoms with van der Waals surface area (Å²) in [6.45, 7) is 0. The van der Waals surface area contributed by atoms with E-state index in [1.54, 1.807) is 0 Å². The molecule has 0 amide bonds. The maximum Gasteiger partial charge on any atom is 0.159 e. The molecule has 2 heterocycles. The minimum absolute atomic E-state index is 0.810. The van der Waals surface area contributed by atoms with E-state index < -0.39 is 0 Å². The standard InChI is InChI=1S/C78H51N3OS/c1-5-25-60(26-6-1)79(61-27-7-2-8-28-61)65-50-71-68-41-37-56(48-75(68)82-78(71)74(51-65)81(64-40-36-52-20-13-14-22-54(52)45-64)72-35-19-24-53-21-15-17-33-66(53)72)55-39-43-76-70(46-55)69-42-38-57(49-77(69)83-76)59-44-58-23-16-18-34-67(58)73(47-59)80(62-29-9-3-10-30-62)63-31-11-4-12-32-63/h1-51H. The van der Waals surface area contributed by atoms with Crippen LogP contribution in [0.3, 0.4) is 0 Å². The molecule has 0 spiro atoms. The third kappa shape index (κ3) is 8.53. The summed E-state index contributed by atoms with van der Waals surface area (Å²) in [4.78, 5) is 7.14. The predicted molar refractivity (Wildman–Crippen MR) is 354 cm³/mol. The number of hydrogen-bond donors (Lipinski definition) is 0. The largest absolute Gasteiger partial charge is 0.454 e. The van der Waals surface area contributed by atoms with Crippen LogP contribution in [-0.2, 0) is 0 Å². The van der Waals surface area contributed by atoms with E-state index in [2.05, 4.69) is 324 Å². The van der Waals surface area contributed by atoms with Crippen LogP contribution in [0.25, 0.3) is 96.7 Å². The molecule has 5 heteroatoms. The fourth-order valence-corrected chi connectivity index (χ4v) is 13.5. The fourth-order valence-electron chi connectivity index (χ4n) is 12.4. The monoisotopic (exact) mass is 1080 g/mol. The number of benzene rings is 14. The van der Waals surface area contributed by atoms with Crippen molar-refractivity contribution in [3.05, 3.63) is 309 Å². The van der Waals surface area contributed by atoms with E-state index in [1.807, 2.05) is 11.3 Å². The molecule has 390 valence electrons. The van der Waals surface area contributed by atoms with Crippen LogP contribution < -0.4 is 14.7 Å². The Balaban J connectivity index is 0.846. The van der Waals surface area contributed by atoms with Gasteiger partial charge in [0.05, 0.1) is 17.1 Å². The SMILES string of the molecule is c1ccc(N(c2ccccc2)c2cc(N(c3ccc4ccccc4c3)c3cccc4ccccc34)c3oc4cc(-c5ccc6sc7cc(-c8cc(N(c9ccccc9)c9ccccc9)c9ccccc9c8)ccc7c6c5)ccc4c3c2)cc1. The van der Waals surface area contributed by atoms with Gasteiger partial charge in [0, 0.05) is 75.8 Å². The Hall–Kier alpha value is -10.7. The van der Waals surface area contributed by atoms with Crippen LogP contribution >= 0.6 is 11.3 Å². The van der Waals surface area contributed by atoms with Crippen LogP contribution in [0.2, 0.25) is 0 Å². The molecule has 14 aromatic carbocycles. The number of thiophene rings is 1. The van der Waals surface area contributed by atoms with Crippen molar-refractivity contribution in [3.8, 4) is 22.3 Å². The molecule has 16 rings (SSSR count). The van der Waals surface area contributed by atoms with Gasteiger partial charge in [-0.2, -0.15) is 0 Å². The number of furan rings is 1. The van der Waals surface area contributed by atoms with E-state index in [4.69, 9.17) is 4.42 Å². The van der Waals surface area contributed by atoms with Crippen molar-refractivity contribution in [1.29, 1.82) is 0 Å². The number of para-hydroxylation sites is 4. The van der Waals surface area contributed by atoms with Gasteiger partial charge in [-0.1, -0.05) is 188 Å². The first kappa shape index (κ1) is 48.2. The summed E-state index contributed by atoms with van der Waals surface area (Å²) in [5.74, 6) is 0. The van der Waals surface area contributed by atoms with Crippen molar-refractivity contribution >= 4 is 137 Å². The molecular weight excluding hydrogens is 1030 g/mol. The lowest BCUT2D eigenvalue weighted by Crippen LogP contribution is -2.14. The van der Waals surface area contributed by atoms with Crippen molar-refractivity contribution in [2.24, 2.45) is 0 Å². The molecule has 2 aromatic heterocycles. The number of rotatable bonds is 11. The molecule has 0 fully saturated rings. The Morgan fingerprint density at radius 3 is 1.48 bits per heavy atom. The normalized spacial score (nSPS) is 11.6. The minimum atomic E-state index is 0.810. The molecule has 4 nitrogen and oxygen atoms in total. The van der Waals surface area contributed by atoms with Crippen molar-refractivity contribution in [1.82, 2.24) is 0 Å². The third-order valence-corrected chi connectivity index (χ3v) is 17.4. The molecule has 0 atom stereocenters. The summed E-state index contributed by atoms with van der Waals surface area (Å²) in [6, 6.07) is 112. The molecule has 16 aromatic rings. The highest BCUT2D eigenvalue weighted by Crippen LogP contribution is 2.50. The Morgan fingerprint density at radius 1 is 0.229 bits per heavy atom. The summed E-state index contributed by atoms with van der Waals surface area (Å²) in [6.07, 6.45) is 0. The van der Waals surface area contributed by atoms with Gasteiger partial charge in [-0.3, -0.25) is 0 Å². The third-order valence-electron chi connectivity index (χ3n) is 16.3. The lowest BCUT2D eigenvalue weighted by Gasteiger charge is -2.30. The van der Waals surface area contributed by atoms with Crippen molar-refractivity contribution in [2.45, 2.75) is 0 Å². The molecule has 0 aliphatic rings. The van der Waals surface area contributed by atoms with E-state index >= 15 is 0 Å². The van der Waals surface area contributed by atoms with Gasteiger partial charge in [0.15, 0.2) is 5.58 Å². The van der Waals surface area contributed by atoms with Gasteiger partial charge in [-0.05, 0) is 165 Å². The van der Waals surface area contributed by atoms with Crippen LogP contribution in [0.1, 0.15) is 0 Å². The molecule has 0 aliphatic heterocycles. The summed E-state index contributed by atoms with van der Waals surface area (Å²) in [5.41, 5.74) is 15.8. The maximum atomic E-state index is 7.35. The minimum Gasteiger partial charge on any atom is -0.454 e. The summed E-state index contributed by atoms with van der Waals surface area (Å²) in [7, 11) is 0. The molecule has 0 aliphatic carbocycles. The number of anilines is 9. The lowest BCUT2D eigenvalue weighted by atomic mass is 9.97. The molecule has 0 saturated heterocycles. The van der Waals surface area contributed by atoms with Gasteiger partial charge >= 0.3 is 0 Å². The van der Waals surface area contributed by atoms with E-state index in [0.29, 0.717) is 0 Å². The van der Waals surface area contributed by atoms with Crippen LogP contribution in [0.4, 0.5) is 51.2 Å². The molecule has 83 heavy (non-hydrogen) atoms. The van der Waals surface area contributed by atoms with E-state index in [9.17, 15) is 0 Å². The maximum absolute atomic E-state index is 7.35. The topological polar surface area (TPSA) is 22.9 Å². The highest BCUT2D eigenvalue weighted by atomic mass is 32.1. The second-order valence-electron chi connectivity index (χ2n) is 21.3. The van der Waals surface area contributed by atoms with Crippen molar-refractivity contribution < 1.29 is 4.42 Å². The number of fused-ring (bicyclic) bond motifs is 9. The first-order valence-electron chi connectivity index (χ1n) is 28.2. The first-order chi connectivity index (χ1) is 41.1. The van der Waals surface area contributed by atoms with Crippen LogP contribution in [0, 0.1) is 0 Å². The Bertz CT molecular complexity index is 5030. The second kappa shape index (κ2) is 20.1. The van der Waals surface area contributed by atoms with Crippen molar-refractivity contribution in [2.75, 3.05) is 14.7 Å². The summed E-state index contributed by atoms with van der Waals surface area (Å²) in [5, 5.41) is 11.6. The molecule has 0 saturated carbocycles. The second-order valence-corrected chi connectivity index (χ2v) is 22.4. The van der Waals surface area contributed by atoms with Crippen molar-refractivity contribution in [3.63, 3.8) is 0 Å². The predicted octanol–water partition coefficient (Wildman–Crippen LogP) is 23.2. The van der Waals surface area contributed by atoms with Gasteiger partial charge < -0.3 is 19.1 Å². The number of nitrogens with zero attached hydrogens (tertiary/aromatic N) is 3. The smallest absolute Gasteiger partial charge is 0.159 e. The Kier molecular flexibility index (Phi) is 11.7. The van der Waals surface area contributed by atoms with Crippen LogP contribution in [0.5, 0.6) is 0 Å². The highest BCUT2D eigenvalue weighted by Gasteiger charge is 2.26. The van der Waals surface area contributed by atoms with Gasteiger partial charge in [-0.25, -0.2) is 0 Å². The lowest BCUT2D eigenvalue weighted by molar-refractivity contribution is 0.669. The van der Waals surface area contributed by atoms with E-state index in [-0.39, 0.29) is 0 Å². The average molecular weight is 1080 g/mol. The molecule has 0 bridgehead atoms. The zero-order chi connectivity index (χ0) is 54.8. The van der Waals surface area contributed by atoms with E-state index in [0.717, 1.165) is 100 Å². The van der Waals surface area contributed by atoms with Crippen LogP contribution in [-0.4, -0.2) is 0 Å². The molecule has 0 unspecified atom stereocenters. The molecular formula is C78H51N3OS. The van der Waals surface area contributed by atoms with Gasteiger partial charge in [0.25, 0.3) is 0 Å². The average Bonchev–Trinajstić information content (AvgIpc) is 3.56. The summed E-state index contributed by atoms with van der Waals surface area (Å²) < 4.78 is 9.86. The Morgan fingerprint density at radius 2 is 0.783 bits per heavy atom. The van der Waals surface area contributed by atoms with Gasteiger partial charge in [-0.15, -0.1) is 11.3 Å². The van der Waals surface area contributed by atoms with Gasteiger partial charge in [0.2, 0.25) is 0 Å². The molecule has 0 radical (unpaired) electrons. The van der Waals surface area contributed by atoms with Gasteiger partial charge in [0.1, 0.15) is 5.58 Å². The summed E-state index contributed by atoms with van der Waals surface area (Å²) >= 11 is 1.85. The highest BCUT2D eigenvalue weighted by molar-refractivity contribution is 7.25. The number of hydrogen-bond acceptors (Lipinski definition) is 5. The van der Waals surface area contributed by atoms with E-state index in [1.165, 1.54) is 47.5 Å². The zero-order valence-corrected chi connectivity index (χ0v) is 45.9. The first-order valence-corrected chi connectivity index (χ1v) is 29.0. The zero-order valence-electron chi connectivity index (χ0n) is 45.1. The van der Waals surface area contributed by atoms with Crippen LogP contribution in [0.15, 0.2) is 314 Å². The molecule has 0 N–H and O–H groups in total. The Labute approximate surface area is 484 Å². The quantitative estimate of drug-likeness (QED) is 0.129. The fraction of sp³-hybridized carbons (Fsp3) is 0.